The van der Waals surface area contributed by atoms with Crippen LogP contribution in [0.5, 0.6) is 0 Å². The second-order valence-corrected chi connectivity index (χ2v) is 8.30. The predicted octanol–water partition coefficient (Wildman–Crippen LogP) is 0.360. The van der Waals surface area contributed by atoms with E-state index in [4.69, 9.17) is 0 Å². The lowest BCUT2D eigenvalue weighted by molar-refractivity contribution is -0.131. The SMILES string of the molecule is O=CC(=O)C1CCC(N2Cc3c(F)c(N4C5CNCC4C5)cc(F)c3C2=O)CN1. The minimum absolute atomic E-state index is 0.0187. The van der Waals surface area contributed by atoms with Crippen molar-refractivity contribution in [2.75, 3.05) is 24.5 Å². The van der Waals surface area contributed by atoms with Crippen molar-refractivity contribution >= 4 is 23.7 Å². The maximum absolute atomic E-state index is 15.4. The molecule has 154 valence electrons. The Morgan fingerprint density at radius 1 is 1.14 bits per heavy atom. The molecule has 3 saturated heterocycles. The van der Waals surface area contributed by atoms with Gasteiger partial charge in [-0.1, -0.05) is 0 Å². The monoisotopic (exact) mass is 404 g/mol. The molecule has 0 radical (unpaired) electrons. The van der Waals surface area contributed by atoms with E-state index in [1.54, 1.807) is 0 Å². The van der Waals surface area contributed by atoms with Crippen LogP contribution < -0.4 is 15.5 Å². The first-order valence-corrected chi connectivity index (χ1v) is 10.0. The zero-order chi connectivity index (χ0) is 20.3. The number of piperazine rings is 1. The summed E-state index contributed by atoms with van der Waals surface area (Å²) < 4.78 is 30.2. The molecule has 2 bridgehead atoms. The molecule has 1 amide bonds. The quantitative estimate of drug-likeness (QED) is 0.557. The number of Topliss-reactive ketones (excluding diaryl/α,β-unsaturated/α-hetero) is 1. The normalized spacial score (nSPS) is 30.8. The summed E-state index contributed by atoms with van der Waals surface area (Å²) in [5, 5.41) is 6.24. The largest absolute Gasteiger partial charge is 0.360 e. The third kappa shape index (κ3) is 2.78. The number of fused-ring (bicyclic) bond motifs is 3. The van der Waals surface area contributed by atoms with E-state index >= 15 is 4.39 Å². The van der Waals surface area contributed by atoms with Gasteiger partial charge in [-0.2, -0.15) is 0 Å². The average molecular weight is 404 g/mol. The van der Waals surface area contributed by atoms with Crippen LogP contribution >= 0.6 is 0 Å². The third-order valence-electron chi connectivity index (χ3n) is 6.75. The minimum atomic E-state index is -0.681. The van der Waals surface area contributed by atoms with Crippen molar-refractivity contribution < 1.29 is 23.2 Å². The lowest BCUT2D eigenvalue weighted by Gasteiger charge is -2.54. The Morgan fingerprint density at radius 2 is 1.90 bits per heavy atom. The summed E-state index contributed by atoms with van der Waals surface area (Å²) in [4.78, 5) is 38.4. The number of hydrogen-bond acceptors (Lipinski definition) is 6. The van der Waals surface area contributed by atoms with E-state index in [0.29, 0.717) is 25.7 Å². The molecule has 1 aromatic rings. The lowest BCUT2D eigenvalue weighted by atomic mass is 9.87. The first kappa shape index (κ1) is 18.6. The summed E-state index contributed by atoms with van der Waals surface area (Å²) in [5.41, 5.74) is 0.187. The summed E-state index contributed by atoms with van der Waals surface area (Å²) in [6, 6.07) is 0.647. The van der Waals surface area contributed by atoms with Gasteiger partial charge in [0.1, 0.15) is 5.82 Å². The average Bonchev–Trinajstić information content (AvgIpc) is 3.09. The summed E-state index contributed by atoms with van der Waals surface area (Å²) in [6.07, 6.45) is 2.16. The molecular weight excluding hydrogens is 382 g/mol. The Labute approximate surface area is 166 Å². The highest BCUT2D eigenvalue weighted by atomic mass is 19.1. The molecule has 4 aliphatic rings. The fourth-order valence-corrected chi connectivity index (χ4v) is 5.22. The van der Waals surface area contributed by atoms with Crippen LogP contribution in [0.15, 0.2) is 6.07 Å². The van der Waals surface area contributed by atoms with Gasteiger partial charge in [-0.05, 0) is 19.3 Å². The molecule has 29 heavy (non-hydrogen) atoms. The molecule has 0 spiro atoms. The number of anilines is 1. The maximum atomic E-state index is 15.4. The Kier molecular flexibility index (Phi) is 4.40. The highest BCUT2D eigenvalue weighted by Crippen LogP contribution is 2.41. The summed E-state index contributed by atoms with van der Waals surface area (Å²) in [6.45, 7) is 1.81. The Balaban J connectivity index is 1.38. The fraction of sp³-hybridized carbons (Fsp3) is 0.550. The van der Waals surface area contributed by atoms with Crippen LogP contribution in [0, 0.1) is 11.6 Å². The number of halogens is 2. The van der Waals surface area contributed by atoms with Crippen molar-refractivity contribution in [2.24, 2.45) is 0 Å². The molecule has 7 nitrogen and oxygen atoms in total. The highest BCUT2D eigenvalue weighted by molar-refractivity contribution is 6.27. The molecule has 1 aromatic carbocycles. The van der Waals surface area contributed by atoms with Gasteiger partial charge in [0.2, 0.25) is 5.78 Å². The molecule has 4 unspecified atom stereocenters. The Hall–Kier alpha value is -2.39. The minimum Gasteiger partial charge on any atom is -0.360 e. The second-order valence-electron chi connectivity index (χ2n) is 8.30. The van der Waals surface area contributed by atoms with Crippen LogP contribution in [0.25, 0.3) is 0 Å². The van der Waals surface area contributed by atoms with E-state index < -0.39 is 29.4 Å². The van der Waals surface area contributed by atoms with Gasteiger partial charge in [-0.3, -0.25) is 14.4 Å². The number of benzene rings is 1. The molecular formula is C20H22F2N4O3. The lowest BCUT2D eigenvalue weighted by Crippen LogP contribution is -2.68. The number of rotatable bonds is 4. The molecule has 4 atom stereocenters. The van der Waals surface area contributed by atoms with Gasteiger partial charge in [0.25, 0.3) is 5.91 Å². The number of aldehydes is 1. The summed E-state index contributed by atoms with van der Waals surface area (Å²) >= 11 is 0. The molecule has 5 rings (SSSR count). The van der Waals surface area contributed by atoms with Crippen LogP contribution in [0.2, 0.25) is 0 Å². The van der Waals surface area contributed by atoms with Gasteiger partial charge in [-0.25, -0.2) is 8.78 Å². The molecule has 0 aromatic heterocycles. The van der Waals surface area contributed by atoms with E-state index in [-0.39, 0.29) is 41.5 Å². The highest BCUT2D eigenvalue weighted by Gasteiger charge is 2.45. The molecule has 2 N–H and O–H groups in total. The van der Waals surface area contributed by atoms with Crippen molar-refractivity contribution in [2.45, 2.75) is 50.0 Å². The first-order chi connectivity index (χ1) is 14.0. The number of ketones is 1. The van der Waals surface area contributed by atoms with Crippen molar-refractivity contribution in [1.82, 2.24) is 15.5 Å². The molecule has 3 fully saturated rings. The van der Waals surface area contributed by atoms with E-state index in [9.17, 15) is 18.8 Å². The number of nitrogens with one attached hydrogen (secondary N) is 2. The number of piperidine rings is 2. The van der Waals surface area contributed by atoms with Crippen LogP contribution in [0.4, 0.5) is 14.5 Å². The van der Waals surface area contributed by atoms with E-state index in [1.165, 1.54) is 4.90 Å². The zero-order valence-corrected chi connectivity index (χ0v) is 15.8. The first-order valence-electron chi connectivity index (χ1n) is 10.0. The molecule has 0 saturated carbocycles. The van der Waals surface area contributed by atoms with Crippen LogP contribution in [0.1, 0.15) is 35.2 Å². The second kappa shape index (κ2) is 6.84. The Bertz CT molecular complexity index is 886. The molecule has 4 heterocycles. The molecule has 9 heteroatoms. The smallest absolute Gasteiger partial charge is 0.257 e. The number of hydrogen-bond donors (Lipinski definition) is 2. The van der Waals surface area contributed by atoms with Gasteiger partial charge >= 0.3 is 0 Å². The Morgan fingerprint density at radius 3 is 2.52 bits per heavy atom. The summed E-state index contributed by atoms with van der Waals surface area (Å²) in [5.74, 6) is -2.22. The van der Waals surface area contributed by atoms with Crippen molar-refractivity contribution in [3.05, 3.63) is 28.8 Å². The van der Waals surface area contributed by atoms with E-state index in [1.807, 2.05) is 4.90 Å². The number of amides is 1. The van der Waals surface area contributed by atoms with E-state index in [2.05, 4.69) is 10.6 Å². The number of carbonyl (C=O) groups excluding carboxylic acids is 3. The van der Waals surface area contributed by atoms with Gasteiger partial charge in [-0.15, -0.1) is 0 Å². The van der Waals surface area contributed by atoms with Gasteiger partial charge in [0, 0.05) is 49.4 Å². The number of nitrogens with zero attached hydrogens (tertiary/aromatic N) is 2. The van der Waals surface area contributed by atoms with Crippen molar-refractivity contribution in [1.29, 1.82) is 0 Å². The third-order valence-corrected chi connectivity index (χ3v) is 6.75. The molecule has 4 aliphatic heterocycles. The molecule has 0 aliphatic carbocycles. The van der Waals surface area contributed by atoms with Crippen LogP contribution in [-0.2, 0) is 16.1 Å². The van der Waals surface area contributed by atoms with E-state index in [0.717, 1.165) is 25.6 Å². The van der Waals surface area contributed by atoms with Crippen molar-refractivity contribution in [3.63, 3.8) is 0 Å². The topological polar surface area (TPSA) is 81.8 Å². The standard InChI is InChI=1S/C20H22F2N4O3/c21-14-4-16(26-11-3-12(26)6-23-5-11)19(22)13-8-25(20(29)18(13)14)10-1-2-15(24-7-10)17(28)9-27/h4,9-12,15,23-24H,1-3,5-8H2. The van der Waals surface area contributed by atoms with Gasteiger partial charge in [0.15, 0.2) is 12.1 Å². The van der Waals surface area contributed by atoms with Crippen LogP contribution in [0.3, 0.4) is 0 Å². The van der Waals surface area contributed by atoms with Gasteiger partial charge < -0.3 is 20.4 Å². The van der Waals surface area contributed by atoms with Crippen molar-refractivity contribution in [3.8, 4) is 0 Å². The van der Waals surface area contributed by atoms with Crippen LogP contribution in [-0.4, -0.2) is 66.7 Å². The zero-order valence-electron chi connectivity index (χ0n) is 15.8. The van der Waals surface area contributed by atoms with Gasteiger partial charge in [0.05, 0.1) is 23.8 Å². The predicted molar refractivity (Wildman–Crippen MR) is 99.7 cm³/mol. The maximum Gasteiger partial charge on any atom is 0.257 e. The number of carbonyl (C=O) groups is 3. The fourth-order valence-electron chi connectivity index (χ4n) is 5.22. The summed E-state index contributed by atoms with van der Waals surface area (Å²) in [7, 11) is 0.